The van der Waals surface area contributed by atoms with E-state index in [1.54, 1.807) is 0 Å². The van der Waals surface area contributed by atoms with Crippen molar-refractivity contribution in [3.8, 4) is 11.1 Å². The van der Waals surface area contributed by atoms with E-state index in [2.05, 4.69) is 34.9 Å². The summed E-state index contributed by atoms with van der Waals surface area (Å²) in [6.45, 7) is 3.96. The minimum absolute atomic E-state index is 0.00952. The number of nitrogens with one attached hydrogen (secondary N) is 2. The Hall–Kier alpha value is -3.35. The van der Waals surface area contributed by atoms with Crippen LogP contribution in [0.5, 0.6) is 0 Å². The number of aliphatic carboxylic acids is 1. The van der Waals surface area contributed by atoms with E-state index in [0.29, 0.717) is 12.8 Å². The van der Waals surface area contributed by atoms with Crippen LogP contribution in [0.25, 0.3) is 11.1 Å². The molecular formula is C28H32N2O5. The summed E-state index contributed by atoms with van der Waals surface area (Å²) in [7, 11) is 0. The molecule has 0 bridgehead atoms. The number of fused-ring (bicyclic) bond motifs is 4. The third-order valence-corrected chi connectivity index (χ3v) is 7.95. The standard InChI is InChI=1S/C28H32N2O5/c1-27(2,12-11-24(31)32)30-25(33)28-14-17(28)13-18(15-28)29-26(34)35-16-23-21-9-5-3-7-19(21)20-8-4-6-10-22(20)23/h3-10,17-18,23H,11-16H2,1-2H3,(H,29,34)(H,30,33)(H,31,32). The molecule has 0 spiro atoms. The molecule has 0 aromatic heterocycles. The molecule has 0 saturated heterocycles. The first-order valence-electron chi connectivity index (χ1n) is 12.3. The van der Waals surface area contributed by atoms with E-state index in [0.717, 1.165) is 12.8 Å². The largest absolute Gasteiger partial charge is 0.481 e. The third-order valence-electron chi connectivity index (χ3n) is 7.95. The fourth-order valence-electron chi connectivity index (χ4n) is 6.01. The summed E-state index contributed by atoms with van der Waals surface area (Å²) in [5.74, 6) is -0.648. The third kappa shape index (κ3) is 4.51. The SMILES string of the molecule is CC(C)(CCC(=O)O)NC(=O)C12CC(NC(=O)OCC3c4ccccc4-c4ccccc43)CC1C2. The van der Waals surface area contributed by atoms with Crippen molar-refractivity contribution in [3.63, 3.8) is 0 Å². The Labute approximate surface area is 205 Å². The van der Waals surface area contributed by atoms with Gasteiger partial charge in [-0.1, -0.05) is 48.5 Å². The van der Waals surface area contributed by atoms with Gasteiger partial charge in [0.2, 0.25) is 5.91 Å². The summed E-state index contributed by atoms with van der Waals surface area (Å²) >= 11 is 0. The molecule has 2 aromatic rings. The summed E-state index contributed by atoms with van der Waals surface area (Å²) in [5, 5.41) is 15.0. The number of benzene rings is 2. The number of alkyl carbamates (subject to hydrolysis) is 1. The van der Waals surface area contributed by atoms with Crippen molar-refractivity contribution in [2.75, 3.05) is 6.61 Å². The van der Waals surface area contributed by atoms with Gasteiger partial charge in [-0.15, -0.1) is 0 Å². The highest BCUT2D eigenvalue weighted by Crippen LogP contribution is 2.63. The van der Waals surface area contributed by atoms with Gasteiger partial charge in [-0.3, -0.25) is 9.59 Å². The predicted molar refractivity (Wildman–Crippen MR) is 131 cm³/mol. The molecule has 3 N–H and O–H groups in total. The molecule has 3 aliphatic rings. The van der Waals surface area contributed by atoms with Crippen LogP contribution in [0, 0.1) is 11.3 Å². The lowest BCUT2D eigenvalue weighted by molar-refractivity contribution is -0.138. The van der Waals surface area contributed by atoms with Gasteiger partial charge in [-0.05, 0) is 67.7 Å². The first-order valence-corrected chi connectivity index (χ1v) is 12.3. The predicted octanol–water partition coefficient (Wildman–Crippen LogP) is 4.45. The number of carbonyl (C=O) groups is 3. The van der Waals surface area contributed by atoms with Crippen molar-refractivity contribution in [2.45, 2.75) is 63.5 Å². The fraction of sp³-hybridized carbons (Fsp3) is 0.464. The topological polar surface area (TPSA) is 105 Å². The van der Waals surface area contributed by atoms with Crippen molar-refractivity contribution in [1.29, 1.82) is 0 Å². The number of hydrogen-bond acceptors (Lipinski definition) is 4. The molecular weight excluding hydrogens is 444 g/mol. The molecule has 7 heteroatoms. The van der Waals surface area contributed by atoms with Gasteiger partial charge >= 0.3 is 12.1 Å². The minimum atomic E-state index is -0.872. The van der Waals surface area contributed by atoms with E-state index in [-0.39, 0.29) is 36.8 Å². The Balaban J connectivity index is 1.15. The van der Waals surface area contributed by atoms with Crippen LogP contribution in [0.1, 0.15) is 63.0 Å². The van der Waals surface area contributed by atoms with Crippen LogP contribution in [0.3, 0.4) is 0 Å². The van der Waals surface area contributed by atoms with Gasteiger partial charge in [-0.25, -0.2) is 4.79 Å². The Bertz CT molecular complexity index is 1130. The zero-order chi connectivity index (χ0) is 24.8. The Kier molecular flexibility index (Phi) is 5.82. The maximum atomic E-state index is 13.0. The van der Waals surface area contributed by atoms with Gasteiger partial charge in [-0.2, -0.15) is 0 Å². The highest BCUT2D eigenvalue weighted by molar-refractivity contribution is 5.87. The molecule has 7 nitrogen and oxygen atoms in total. The quantitative estimate of drug-likeness (QED) is 0.522. The molecule has 2 saturated carbocycles. The summed E-state index contributed by atoms with van der Waals surface area (Å²) in [5.41, 5.74) is 3.67. The second kappa shape index (κ2) is 8.70. The zero-order valence-corrected chi connectivity index (χ0v) is 20.2. The van der Waals surface area contributed by atoms with Crippen molar-refractivity contribution in [2.24, 2.45) is 11.3 Å². The van der Waals surface area contributed by atoms with Crippen LogP contribution in [0.15, 0.2) is 48.5 Å². The second-order valence-electron chi connectivity index (χ2n) is 10.9. The zero-order valence-electron chi connectivity index (χ0n) is 20.2. The van der Waals surface area contributed by atoms with Gasteiger partial charge in [0.05, 0.1) is 5.41 Å². The number of rotatable bonds is 8. The van der Waals surface area contributed by atoms with Gasteiger partial charge in [0.25, 0.3) is 0 Å². The number of carbonyl (C=O) groups excluding carboxylic acids is 2. The Morgan fingerprint density at radius 2 is 1.66 bits per heavy atom. The molecule has 2 amide bonds. The molecule has 0 aliphatic heterocycles. The van der Waals surface area contributed by atoms with Crippen LogP contribution in [-0.4, -0.2) is 41.3 Å². The fourth-order valence-corrected chi connectivity index (χ4v) is 6.01. The number of ether oxygens (including phenoxy) is 1. The lowest BCUT2D eigenvalue weighted by Crippen LogP contribution is -2.47. The van der Waals surface area contributed by atoms with Crippen LogP contribution in [0.4, 0.5) is 4.79 Å². The van der Waals surface area contributed by atoms with Crippen LogP contribution in [0.2, 0.25) is 0 Å². The molecule has 2 aromatic carbocycles. The molecule has 184 valence electrons. The van der Waals surface area contributed by atoms with E-state index < -0.39 is 23.0 Å². The Morgan fingerprint density at radius 1 is 1.03 bits per heavy atom. The van der Waals surface area contributed by atoms with Crippen LogP contribution >= 0.6 is 0 Å². The van der Waals surface area contributed by atoms with E-state index in [4.69, 9.17) is 9.84 Å². The minimum Gasteiger partial charge on any atom is -0.481 e. The highest BCUT2D eigenvalue weighted by Gasteiger charge is 2.65. The van der Waals surface area contributed by atoms with Crippen molar-refractivity contribution in [3.05, 3.63) is 59.7 Å². The van der Waals surface area contributed by atoms with Crippen LogP contribution < -0.4 is 10.6 Å². The number of carboxylic acid groups (broad SMARTS) is 1. The monoisotopic (exact) mass is 476 g/mol. The van der Waals surface area contributed by atoms with Gasteiger partial charge in [0.15, 0.2) is 0 Å². The average Bonchev–Trinajstić information content (AvgIpc) is 3.25. The maximum absolute atomic E-state index is 13.0. The highest BCUT2D eigenvalue weighted by atomic mass is 16.5. The van der Waals surface area contributed by atoms with Crippen molar-refractivity contribution < 1.29 is 24.2 Å². The van der Waals surface area contributed by atoms with Crippen molar-refractivity contribution >= 4 is 18.0 Å². The first kappa shape index (κ1) is 23.4. The molecule has 0 radical (unpaired) electrons. The van der Waals surface area contributed by atoms with Gasteiger partial charge in [0, 0.05) is 23.9 Å². The van der Waals surface area contributed by atoms with Gasteiger partial charge < -0.3 is 20.5 Å². The van der Waals surface area contributed by atoms with E-state index in [9.17, 15) is 14.4 Å². The molecule has 35 heavy (non-hydrogen) atoms. The van der Waals surface area contributed by atoms with Gasteiger partial charge in [0.1, 0.15) is 6.61 Å². The lowest BCUT2D eigenvalue weighted by Gasteiger charge is -2.28. The number of amides is 2. The Morgan fingerprint density at radius 3 is 2.29 bits per heavy atom. The molecule has 3 unspecified atom stereocenters. The van der Waals surface area contributed by atoms with Crippen LogP contribution in [-0.2, 0) is 14.3 Å². The maximum Gasteiger partial charge on any atom is 0.407 e. The van der Waals surface area contributed by atoms with E-state index in [1.165, 1.54) is 22.3 Å². The smallest absolute Gasteiger partial charge is 0.407 e. The second-order valence-corrected chi connectivity index (χ2v) is 10.9. The molecule has 5 rings (SSSR count). The molecule has 3 atom stereocenters. The molecule has 0 heterocycles. The summed E-state index contributed by atoms with van der Waals surface area (Å²) in [6, 6.07) is 16.4. The molecule has 3 aliphatic carbocycles. The van der Waals surface area contributed by atoms with E-state index in [1.807, 2.05) is 38.1 Å². The lowest BCUT2D eigenvalue weighted by atomic mass is 9.94. The van der Waals surface area contributed by atoms with Crippen molar-refractivity contribution in [1.82, 2.24) is 10.6 Å². The average molecular weight is 477 g/mol. The molecule has 2 fully saturated rings. The normalized spacial score (nSPS) is 24.2. The summed E-state index contributed by atoms with van der Waals surface area (Å²) < 4.78 is 5.67. The summed E-state index contributed by atoms with van der Waals surface area (Å²) in [6.07, 6.45) is 2.09. The number of carboxylic acids is 1. The first-order chi connectivity index (χ1) is 16.7. The summed E-state index contributed by atoms with van der Waals surface area (Å²) in [4.78, 5) is 36.6. The number of hydrogen-bond donors (Lipinski definition) is 3. The van der Waals surface area contributed by atoms with E-state index >= 15 is 0 Å².